The zero-order valence-corrected chi connectivity index (χ0v) is 48.9. The molecule has 71 heavy (non-hydrogen) atoms. The third kappa shape index (κ3) is 57.5. The highest BCUT2D eigenvalue weighted by molar-refractivity contribution is 5.71. The summed E-state index contributed by atoms with van der Waals surface area (Å²) < 4.78 is 17.0. The number of rotatable bonds is 59. The molecule has 422 valence electrons. The Hall–Kier alpha value is -1.59. The van der Waals surface area contributed by atoms with Crippen LogP contribution in [0.15, 0.2) is 0 Å². The summed E-state index contributed by atoms with van der Waals surface area (Å²) in [6, 6.07) is 0. The standard InChI is InChI=1S/C65H126O6/c1-6-8-9-10-11-12-13-14-15-19-25-30-35-40-45-50-55-63(66)69-58-62(59-70-64(67)56-51-46-41-36-31-26-22-21-24-29-34-39-44-49-54-61(5)7-2)71-65(68)57-52-47-42-37-32-27-20-17-16-18-23-28-33-38-43-48-53-60(3)4/h60-62H,6-59H2,1-5H3/t61?,62-/m1/s1. The molecule has 0 saturated heterocycles. The lowest BCUT2D eigenvalue weighted by molar-refractivity contribution is -0.167. The van der Waals surface area contributed by atoms with E-state index in [1.54, 1.807) is 0 Å². The molecule has 0 bridgehead atoms. The van der Waals surface area contributed by atoms with Gasteiger partial charge in [0.25, 0.3) is 0 Å². The molecule has 6 nitrogen and oxygen atoms in total. The Balaban J connectivity index is 4.29. The molecule has 0 aliphatic rings. The number of hydrogen-bond donors (Lipinski definition) is 0. The SMILES string of the molecule is CCCCCCCCCCCCCCCCCCC(=O)OC[C@H](COC(=O)CCCCCCCCCCCCCCCCC(C)CC)OC(=O)CCCCCCCCCCCCCCCCCCC(C)C. The van der Waals surface area contributed by atoms with Crippen molar-refractivity contribution in [3.8, 4) is 0 Å². The van der Waals surface area contributed by atoms with Gasteiger partial charge in [0.1, 0.15) is 13.2 Å². The van der Waals surface area contributed by atoms with Crippen molar-refractivity contribution in [3.05, 3.63) is 0 Å². The highest BCUT2D eigenvalue weighted by Crippen LogP contribution is 2.19. The molecule has 0 rings (SSSR count). The van der Waals surface area contributed by atoms with Crippen molar-refractivity contribution in [1.82, 2.24) is 0 Å². The number of carbonyl (C=O) groups excluding carboxylic acids is 3. The Morgan fingerprint density at radius 2 is 0.535 bits per heavy atom. The Labute approximate surface area is 444 Å². The lowest BCUT2D eigenvalue weighted by atomic mass is 9.99. The third-order valence-electron chi connectivity index (χ3n) is 15.3. The lowest BCUT2D eigenvalue weighted by Gasteiger charge is -2.18. The molecule has 0 spiro atoms. The molecular weight excluding hydrogens is 877 g/mol. The molecule has 0 amide bonds. The van der Waals surface area contributed by atoms with E-state index in [4.69, 9.17) is 14.2 Å². The summed E-state index contributed by atoms with van der Waals surface area (Å²) in [4.78, 5) is 38.3. The van der Waals surface area contributed by atoms with Crippen LogP contribution >= 0.6 is 0 Å². The van der Waals surface area contributed by atoms with Crippen LogP contribution in [0.3, 0.4) is 0 Å². The Bertz CT molecular complexity index is 1090. The predicted molar refractivity (Wildman–Crippen MR) is 307 cm³/mol. The summed E-state index contributed by atoms with van der Waals surface area (Å²) in [5, 5.41) is 0. The van der Waals surface area contributed by atoms with Gasteiger partial charge in [0, 0.05) is 19.3 Å². The molecule has 0 N–H and O–H groups in total. The maximum absolute atomic E-state index is 12.9. The molecule has 0 aromatic rings. The van der Waals surface area contributed by atoms with Gasteiger partial charge in [-0.1, -0.05) is 330 Å². The van der Waals surface area contributed by atoms with Crippen molar-refractivity contribution in [1.29, 1.82) is 0 Å². The minimum absolute atomic E-state index is 0.0617. The first-order valence-electron chi connectivity index (χ1n) is 32.3. The Morgan fingerprint density at radius 3 is 0.803 bits per heavy atom. The van der Waals surface area contributed by atoms with Crippen LogP contribution in [0.5, 0.6) is 0 Å². The smallest absolute Gasteiger partial charge is 0.306 e. The van der Waals surface area contributed by atoms with Crippen molar-refractivity contribution in [2.45, 2.75) is 375 Å². The molecule has 0 aliphatic carbocycles. The van der Waals surface area contributed by atoms with Crippen molar-refractivity contribution in [2.75, 3.05) is 13.2 Å². The number of esters is 3. The predicted octanol–water partition coefficient (Wildman–Crippen LogP) is 21.6. The van der Waals surface area contributed by atoms with E-state index in [1.807, 2.05) is 0 Å². The molecule has 0 fully saturated rings. The van der Waals surface area contributed by atoms with Gasteiger partial charge in [-0.2, -0.15) is 0 Å². The lowest BCUT2D eigenvalue weighted by Crippen LogP contribution is -2.30. The van der Waals surface area contributed by atoms with Gasteiger partial charge in [0.05, 0.1) is 0 Å². The first-order chi connectivity index (χ1) is 34.8. The molecule has 6 heteroatoms. The van der Waals surface area contributed by atoms with E-state index < -0.39 is 6.10 Å². The summed E-state index contributed by atoms with van der Waals surface area (Å²) in [5.74, 6) is 0.918. The van der Waals surface area contributed by atoms with E-state index in [9.17, 15) is 14.4 Å². The van der Waals surface area contributed by atoms with E-state index >= 15 is 0 Å². The maximum atomic E-state index is 12.9. The molecule has 0 aromatic heterocycles. The van der Waals surface area contributed by atoms with Crippen LogP contribution in [-0.2, 0) is 28.6 Å². The molecule has 0 aromatic carbocycles. The van der Waals surface area contributed by atoms with E-state index in [0.717, 1.165) is 69.6 Å². The van der Waals surface area contributed by atoms with Gasteiger partial charge in [-0.05, 0) is 31.1 Å². The summed E-state index contributed by atoms with van der Waals surface area (Å²) in [7, 11) is 0. The zero-order chi connectivity index (χ0) is 51.8. The molecular formula is C65H126O6. The van der Waals surface area contributed by atoms with Crippen molar-refractivity contribution < 1.29 is 28.6 Å². The van der Waals surface area contributed by atoms with Crippen LogP contribution in [-0.4, -0.2) is 37.2 Å². The fraction of sp³-hybridized carbons (Fsp3) is 0.954. The third-order valence-corrected chi connectivity index (χ3v) is 15.3. The second kappa shape index (κ2) is 57.7. The Kier molecular flexibility index (Phi) is 56.4. The second-order valence-corrected chi connectivity index (χ2v) is 23.1. The highest BCUT2D eigenvalue weighted by atomic mass is 16.6. The summed E-state index contributed by atoms with van der Waals surface area (Å²) in [6.07, 6.45) is 63.8. The van der Waals surface area contributed by atoms with Crippen molar-refractivity contribution in [3.63, 3.8) is 0 Å². The average molecular weight is 1000 g/mol. The molecule has 1 unspecified atom stereocenters. The fourth-order valence-corrected chi connectivity index (χ4v) is 10.1. The van der Waals surface area contributed by atoms with E-state index in [0.29, 0.717) is 19.3 Å². The molecule has 0 aliphatic heterocycles. The van der Waals surface area contributed by atoms with Gasteiger partial charge in [-0.3, -0.25) is 14.4 Å². The van der Waals surface area contributed by atoms with Gasteiger partial charge in [-0.15, -0.1) is 0 Å². The van der Waals surface area contributed by atoms with Gasteiger partial charge in [0.15, 0.2) is 6.10 Å². The minimum atomic E-state index is -0.764. The van der Waals surface area contributed by atoms with Gasteiger partial charge in [0.2, 0.25) is 0 Å². The molecule has 0 radical (unpaired) electrons. The van der Waals surface area contributed by atoms with Crippen LogP contribution in [0.4, 0.5) is 0 Å². The maximum Gasteiger partial charge on any atom is 0.306 e. The fourth-order valence-electron chi connectivity index (χ4n) is 10.1. The van der Waals surface area contributed by atoms with Gasteiger partial charge < -0.3 is 14.2 Å². The van der Waals surface area contributed by atoms with E-state index in [2.05, 4.69) is 34.6 Å². The summed E-state index contributed by atoms with van der Waals surface area (Å²) in [6.45, 7) is 11.5. The van der Waals surface area contributed by atoms with Gasteiger partial charge >= 0.3 is 17.9 Å². The number of carbonyl (C=O) groups is 3. The Morgan fingerprint density at radius 1 is 0.296 bits per heavy atom. The monoisotopic (exact) mass is 1000 g/mol. The summed E-state index contributed by atoms with van der Waals surface area (Å²) >= 11 is 0. The van der Waals surface area contributed by atoms with Crippen LogP contribution in [0.2, 0.25) is 0 Å². The van der Waals surface area contributed by atoms with E-state index in [-0.39, 0.29) is 31.1 Å². The zero-order valence-electron chi connectivity index (χ0n) is 48.9. The normalized spacial score (nSPS) is 12.4. The first-order valence-corrected chi connectivity index (χ1v) is 32.3. The largest absolute Gasteiger partial charge is 0.462 e. The minimum Gasteiger partial charge on any atom is -0.462 e. The topological polar surface area (TPSA) is 78.9 Å². The van der Waals surface area contributed by atoms with E-state index in [1.165, 1.54) is 257 Å². The van der Waals surface area contributed by atoms with Crippen molar-refractivity contribution in [2.24, 2.45) is 11.8 Å². The number of hydrogen-bond acceptors (Lipinski definition) is 6. The molecule has 2 atom stereocenters. The molecule has 0 heterocycles. The first kappa shape index (κ1) is 69.4. The quantitative estimate of drug-likeness (QED) is 0.0343. The van der Waals surface area contributed by atoms with Crippen LogP contribution in [0.25, 0.3) is 0 Å². The van der Waals surface area contributed by atoms with Crippen LogP contribution < -0.4 is 0 Å². The average Bonchev–Trinajstić information content (AvgIpc) is 3.36. The summed E-state index contributed by atoms with van der Waals surface area (Å²) in [5.41, 5.74) is 0. The van der Waals surface area contributed by atoms with Gasteiger partial charge in [-0.25, -0.2) is 0 Å². The van der Waals surface area contributed by atoms with Crippen LogP contribution in [0, 0.1) is 11.8 Å². The number of ether oxygens (including phenoxy) is 3. The highest BCUT2D eigenvalue weighted by Gasteiger charge is 2.19. The second-order valence-electron chi connectivity index (χ2n) is 23.1. The van der Waals surface area contributed by atoms with Crippen LogP contribution in [0.1, 0.15) is 369 Å². The molecule has 0 saturated carbocycles. The van der Waals surface area contributed by atoms with Crippen molar-refractivity contribution >= 4 is 17.9 Å². The number of unbranched alkanes of at least 4 members (excludes halogenated alkanes) is 43.